The highest BCUT2D eigenvalue weighted by Crippen LogP contribution is 2.29. The van der Waals surface area contributed by atoms with Crippen molar-refractivity contribution in [1.29, 1.82) is 0 Å². The average Bonchev–Trinajstić information content (AvgIpc) is 2.73. The zero-order valence-corrected chi connectivity index (χ0v) is 17.0. The van der Waals surface area contributed by atoms with Gasteiger partial charge in [0.1, 0.15) is 12.5 Å². The molecule has 0 radical (unpaired) electrons. The normalized spacial score (nSPS) is 29.8. The largest absolute Gasteiger partial charge is 0.379 e. The van der Waals surface area contributed by atoms with Crippen molar-refractivity contribution in [2.75, 3.05) is 56.0 Å². The summed E-state index contributed by atoms with van der Waals surface area (Å²) in [4.78, 5) is 4.64. The molecule has 0 amide bonds. The van der Waals surface area contributed by atoms with Gasteiger partial charge in [0.05, 0.1) is 17.4 Å². The van der Waals surface area contributed by atoms with Gasteiger partial charge in [-0.15, -0.1) is 0 Å². The zero-order chi connectivity index (χ0) is 20.2. The van der Waals surface area contributed by atoms with E-state index in [-0.39, 0.29) is 11.9 Å². The topological polar surface area (TPSA) is 83.0 Å². The third-order valence-corrected chi connectivity index (χ3v) is 6.50. The molecule has 1 aromatic rings. The van der Waals surface area contributed by atoms with Crippen LogP contribution in [0.15, 0.2) is 18.2 Å². The fourth-order valence-corrected chi connectivity index (χ4v) is 4.72. The lowest BCUT2D eigenvalue weighted by Gasteiger charge is -2.38. The van der Waals surface area contributed by atoms with Gasteiger partial charge in [-0.05, 0) is 56.8 Å². The quantitative estimate of drug-likeness (QED) is 0.493. The highest BCUT2D eigenvalue weighted by Gasteiger charge is 2.29. The standard InChI is InChI=1S/C21H34FN5O2/c22-20-16(24-17-4-5-19(28)25-21(17)29)2-1-3-18(20)27-12-10-26(11-13-27)14-15-6-8-23-9-7-15/h1-3,15,17,19,21,23-25,28-29H,4-14H2. The molecule has 3 saturated heterocycles. The Labute approximate surface area is 172 Å². The van der Waals surface area contributed by atoms with Gasteiger partial charge in [-0.2, -0.15) is 0 Å². The minimum atomic E-state index is -0.902. The second kappa shape index (κ2) is 9.57. The van der Waals surface area contributed by atoms with Gasteiger partial charge in [0.25, 0.3) is 0 Å². The molecule has 3 fully saturated rings. The molecule has 3 heterocycles. The minimum absolute atomic E-state index is 0.266. The van der Waals surface area contributed by atoms with Crippen LogP contribution in [0.5, 0.6) is 0 Å². The molecule has 3 aliphatic heterocycles. The van der Waals surface area contributed by atoms with E-state index in [9.17, 15) is 10.2 Å². The molecule has 0 bridgehead atoms. The Bertz CT molecular complexity index is 664. The molecule has 1 aromatic carbocycles. The first-order valence-corrected chi connectivity index (χ1v) is 11.0. The Morgan fingerprint density at radius 1 is 1.03 bits per heavy atom. The van der Waals surface area contributed by atoms with Crippen LogP contribution in [0.3, 0.4) is 0 Å². The first-order chi connectivity index (χ1) is 14.1. The van der Waals surface area contributed by atoms with Crippen molar-refractivity contribution in [3.8, 4) is 0 Å². The van der Waals surface area contributed by atoms with Crippen LogP contribution in [0, 0.1) is 11.7 Å². The number of benzene rings is 1. The second-order valence-electron chi connectivity index (χ2n) is 8.58. The molecule has 5 N–H and O–H groups in total. The summed E-state index contributed by atoms with van der Waals surface area (Å²) in [6.45, 7) is 6.97. The van der Waals surface area contributed by atoms with Gasteiger partial charge in [-0.3, -0.25) is 10.2 Å². The summed E-state index contributed by atoms with van der Waals surface area (Å²) in [7, 11) is 0. The Morgan fingerprint density at radius 2 is 1.79 bits per heavy atom. The van der Waals surface area contributed by atoms with E-state index in [1.165, 1.54) is 12.8 Å². The van der Waals surface area contributed by atoms with E-state index in [4.69, 9.17) is 0 Å². The molecule has 7 nitrogen and oxygen atoms in total. The van der Waals surface area contributed by atoms with E-state index in [0.717, 1.165) is 51.7 Å². The Kier molecular flexibility index (Phi) is 6.87. The molecular formula is C21H34FN5O2. The summed E-state index contributed by atoms with van der Waals surface area (Å²) in [5, 5.41) is 28.9. The summed E-state index contributed by atoms with van der Waals surface area (Å²) in [5.74, 6) is 0.513. The molecular weight excluding hydrogens is 373 g/mol. The fourth-order valence-electron chi connectivity index (χ4n) is 4.72. The van der Waals surface area contributed by atoms with E-state index in [2.05, 4.69) is 25.8 Å². The maximum atomic E-state index is 15.2. The fraction of sp³-hybridized carbons (Fsp3) is 0.714. The van der Waals surface area contributed by atoms with Gasteiger partial charge in [-0.1, -0.05) is 6.07 Å². The van der Waals surface area contributed by atoms with Crippen LogP contribution in [0.25, 0.3) is 0 Å². The summed E-state index contributed by atoms with van der Waals surface area (Å²) < 4.78 is 15.2. The number of aliphatic hydroxyl groups excluding tert-OH is 2. The molecule has 0 spiro atoms. The lowest BCUT2D eigenvalue weighted by atomic mass is 9.97. The summed E-state index contributed by atoms with van der Waals surface area (Å²) in [5.41, 5.74) is 1.02. The monoisotopic (exact) mass is 407 g/mol. The lowest BCUT2D eigenvalue weighted by Crippen LogP contribution is -2.53. The number of hydrogen-bond acceptors (Lipinski definition) is 7. The molecule has 4 rings (SSSR count). The molecule has 0 aliphatic carbocycles. The van der Waals surface area contributed by atoms with E-state index < -0.39 is 12.5 Å². The molecule has 3 unspecified atom stereocenters. The van der Waals surface area contributed by atoms with Crippen LogP contribution >= 0.6 is 0 Å². The Hall–Kier alpha value is -1.45. The van der Waals surface area contributed by atoms with Crippen molar-refractivity contribution >= 4 is 11.4 Å². The van der Waals surface area contributed by atoms with Crippen molar-refractivity contribution in [2.24, 2.45) is 5.92 Å². The molecule has 29 heavy (non-hydrogen) atoms. The number of aliphatic hydroxyl groups is 2. The average molecular weight is 408 g/mol. The van der Waals surface area contributed by atoms with Gasteiger partial charge >= 0.3 is 0 Å². The summed E-state index contributed by atoms with van der Waals surface area (Å²) >= 11 is 0. The van der Waals surface area contributed by atoms with Crippen LogP contribution in [0.4, 0.5) is 15.8 Å². The smallest absolute Gasteiger partial charge is 0.169 e. The summed E-state index contributed by atoms with van der Waals surface area (Å²) in [6.07, 6.45) is 1.99. The molecule has 8 heteroatoms. The number of piperidine rings is 2. The third kappa shape index (κ3) is 5.19. The van der Waals surface area contributed by atoms with Crippen molar-refractivity contribution in [1.82, 2.24) is 15.5 Å². The van der Waals surface area contributed by atoms with Gasteiger partial charge in [0.15, 0.2) is 5.82 Å². The third-order valence-electron chi connectivity index (χ3n) is 6.50. The van der Waals surface area contributed by atoms with Crippen molar-refractivity contribution in [3.63, 3.8) is 0 Å². The number of nitrogens with zero attached hydrogens (tertiary/aromatic N) is 2. The first-order valence-electron chi connectivity index (χ1n) is 11.0. The van der Waals surface area contributed by atoms with Crippen molar-refractivity contribution in [2.45, 2.75) is 44.2 Å². The van der Waals surface area contributed by atoms with Gasteiger partial charge < -0.3 is 25.7 Å². The number of halogens is 1. The van der Waals surface area contributed by atoms with E-state index in [1.54, 1.807) is 6.07 Å². The number of hydrogen-bond donors (Lipinski definition) is 5. The predicted molar refractivity (Wildman–Crippen MR) is 112 cm³/mol. The van der Waals surface area contributed by atoms with Gasteiger partial charge in [0.2, 0.25) is 0 Å². The van der Waals surface area contributed by atoms with Crippen LogP contribution in [0.1, 0.15) is 25.7 Å². The predicted octanol–water partition coefficient (Wildman–Crippen LogP) is 0.748. The second-order valence-corrected chi connectivity index (χ2v) is 8.58. The Morgan fingerprint density at radius 3 is 2.52 bits per heavy atom. The number of piperazine rings is 1. The van der Waals surface area contributed by atoms with Crippen LogP contribution in [-0.4, -0.2) is 79.4 Å². The van der Waals surface area contributed by atoms with Crippen molar-refractivity contribution < 1.29 is 14.6 Å². The number of nitrogens with one attached hydrogen (secondary N) is 3. The van der Waals surface area contributed by atoms with Gasteiger partial charge in [-0.25, -0.2) is 4.39 Å². The first kappa shape index (κ1) is 20.8. The lowest BCUT2D eigenvalue weighted by molar-refractivity contribution is -0.00343. The van der Waals surface area contributed by atoms with E-state index in [0.29, 0.717) is 24.2 Å². The molecule has 162 valence electrons. The molecule has 3 aliphatic rings. The molecule has 0 aromatic heterocycles. The van der Waals surface area contributed by atoms with Crippen LogP contribution in [0.2, 0.25) is 0 Å². The summed E-state index contributed by atoms with van der Waals surface area (Å²) in [6, 6.07) is 5.08. The van der Waals surface area contributed by atoms with Crippen LogP contribution < -0.4 is 20.9 Å². The van der Waals surface area contributed by atoms with Crippen LogP contribution in [-0.2, 0) is 0 Å². The number of rotatable bonds is 5. The van der Waals surface area contributed by atoms with E-state index in [1.807, 2.05) is 12.1 Å². The van der Waals surface area contributed by atoms with Crippen molar-refractivity contribution in [3.05, 3.63) is 24.0 Å². The SMILES string of the molecule is OC1CCC(Nc2cccc(N3CCN(CC4CCNCC4)CC3)c2F)C(O)N1. The maximum absolute atomic E-state index is 15.2. The molecule has 0 saturated carbocycles. The Balaban J connectivity index is 1.34. The maximum Gasteiger partial charge on any atom is 0.169 e. The number of anilines is 2. The minimum Gasteiger partial charge on any atom is -0.379 e. The highest BCUT2D eigenvalue weighted by atomic mass is 19.1. The zero-order valence-electron chi connectivity index (χ0n) is 17.0. The highest BCUT2D eigenvalue weighted by molar-refractivity contribution is 5.60. The van der Waals surface area contributed by atoms with E-state index >= 15 is 4.39 Å². The molecule has 3 atom stereocenters. The van der Waals surface area contributed by atoms with Gasteiger partial charge in [0, 0.05) is 32.7 Å².